The molecule has 1 aromatic heterocycles. The number of benzene rings is 1. The Morgan fingerprint density at radius 2 is 2.14 bits per heavy atom. The maximum absolute atomic E-state index is 12.4. The van der Waals surface area contributed by atoms with Gasteiger partial charge in [0, 0.05) is 12.7 Å². The lowest BCUT2D eigenvalue weighted by Crippen LogP contribution is -2.27. The third-order valence-electron chi connectivity index (χ3n) is 3.38. The van der Waals surface area contributed by atoms with Crippen LogP contribution in [0.1, 0.15) is 35.8 Å². The van der Waals surface area contributed by atoms with Crippen molar-refractivity contribution in [1.82, 2.24) is 9.88 Å². The number of hydrogen-bond donors (Lipinski definition) is 1. The molecular weight excluding hydrogens is 278 g/mol. The first kappa shape index (κ1) is 15.6. The molecule has 2 rings (SSSR count). The van der Waals surface area contributed by atoms with Crippen LogP contribution < -0.4 is 10.1 Å². The number of para-hydroxylation sites is 2. The van der Waals surface area contributed by atoms with Crippen molar-refractivity contribution >= 4 is 5.91 Å². The van der Waals surface area contributed by atoms with Crippen LogP contribution in [-0.4, -0.2) is 24.1 Å². The van der Waals surface area contributed by atoms with Crippen molar-refractivity contribution in [2.45, 2.75) is 19.8 Å². The van der Waals surface area contributed by atoms with Gasteiger partial charge in [0.25, 0.3) is 5.91 Å². The third kappa shape index (κ3) is 3.12. The van der Waals surface area contributed by atoms with Crippen LogP contribution >= 0.6 is 0 Å². The van der Waals surface area contributed by atoms with Crippen molar-refractivity contribution in [3.05, 3.63) is 47.8 Å². The zero-order valence-electron chi connectivity index (χ0n) is 12.8. The van der Waals surface area contributed by atoms with Gasteiger partial charge in [-0.1, -0.05) is 25.5 Å². The Bertz CT molecular complexity index is 698. The highest BCUT2D eigenvalue weighted by Crippen LogP contribution is 2.25. The van der Waals surface area contributed by atoms with E-state index in [1.807, 2.05) is 24.3 Å². The average molecular weight is 297 g/mol. The number of rotatable bonds is 6. The van der Waals surface area contributed by atoms with E-state index in [1.54, 1.807) is 23.9 Å². The summed E-state index contributed by atoms with van der Waals surface area (Å²) in [6.07, 6.45) is 3.62. The van der Waals surface area contributed by atoms with Gasteiger partial charge in [0.2, 0.25) is 0 Å². The summed E-state index contributed by atoms with van der Waals surface area (Å²) in [6, 6.07) is 11.1. The van der Waals surface area contributed by atoms with E-state index in [4.69, 9.17) is 4.74 Å². The van der Waals surface area contributed by atoms with Crippen LogP contribution in [0.5, 0.6) is 5.75 Å². The molecule has 0 bridgehead atoms. The fourth-order valence-electron chi connectivity index (χ4n) is 2.25. The van der Waals surface area contributed by atoms with Gasteiger partial charge in [0.05, 0.1) is 18.4 Å². The smallest absolute Gasteiger partial charge is 0.269 e. The van der Waals surface area contributed by atoms with Crippen molar-refractivity contribution < 1.29 is 9.53 Å². The fourth-order valence-corrected chi connectivity index (χ4v) is 2.25. The van der Waals surface area contributed by atoms with Crippen LogP contribution in [0.2, 0.25) is 0 Å². The molecule has 1 aromatic carbocycles. The Balaban J connectivity index is 2.43. The topological polar surface area (TPSA) is 67.0 Å². The quantitative estimate of drug-likeness (QED) is 0.834. The van der Waals surface area contributed by atoms with Crippen LogP contribution in [0.15, 0.2) is 36.5 Å². The first-order valence-corrected chi connectivity index (χ1v) is 7.26. The Kier molecular flexibility index (Phi) is 5.21. The van der Waals surface area contributed by atoms with Crippen LogP contribution in [0, 0.1) is 11.3 Å². The molecule has 22 heavy (non-hydrogen) atoms. The van der Waals surface area contributed by atoms with E-state index in [0.29, 0.717) is 23.6 Å². The number of nitrogens with zero attached hydrogens (tertiary/aromatic N) is 2. The number of nitrogens with one attached hydrogen (secondary N) is 1. The monoisotopic (exact) mass is 297 g/mol. The summed E-state index contributed by atoms with van der Waals surface area (Å²) >= 11 is 0. The van der Waals surface area contributed by atoms with Crippen molar-refractivity contribution in [3.63, 3.8) is 0 Å². The molecule has 0 radical (unpaired) electrons. The minimum absolute atomic E-state index is 0.249. The number of ether oxygens (including phenoxy) is 1. The van der Waals surface area contributed by atoms with Gasteiger partial charge in [0.15, 0.2) is 0 Å². The van der Waals surface area contributed by atoms with E-state index in [1.165, 1.54) is 0 Å². The number of hydrogen-bond acceptors (Lipinski definition) is 3. The van der Waals surface area contributed by atoms with Gasteiger partial charge < -0.3 is 14.6 Å². The second kappa shape index (κ2) is 7.32. The maximum Gasteiger partial charge on any atom is 0.269 e. The SMILES string of the molecule is CCCCNC(=O)c1c(C#N)ccn1-c1ccccc1OC. The number of methoxy groups -OCH3 is 1. The molecule has 0 fully saturated rings. The molecule has 1 amide bonds. The number of amides is 1. The molecule has 0 saturated carbocycles. The largest absolute Gasteiger partial charge is 0.495 e. The Morgan fingerprint density at radius 3 is 2.82 bits per heavy atom. The molecule has 1 heterocycles. The average Bonchev–Trinajstić information content (AvgIpc) is 2.98. The standard InChI is InChI=1S/C17H19N3O2/c1-3-4-10-19-17(21)16-13(12-18)9-11-20(16)14-7-5-6-8-15(14)22-2/h5-9,11H,3-4,10H2,1-2H3,(H,19,21). The highest BCUT2D eigenvalue weighted by Gasteiger charge is 2.19. The molecule has 0 aliphatic rings. The number of carbonyl (C=O) groups excluding carboxylic acids is 1. The predicted octanol–water partition coefficient (Wildman–Crippen LogP) is 2.89. The van der Waals surface area contributed by atoms with Gasteiger partial charge in [-0.25, -0.2) is 0 Å². The van der Waals surface area contributed by atoms with E-state index >= 15 is 0 Å². The molecule has 2 aromatic rings. The van der Waals surface area contributed by atoms with Gasteiger partial charge in [-0.3, -0.25) is 4.79 Å². The van der Waals surface area contributed by atoms with Gasteiger partial charge >= 0.3 is 0 Å². The first-order chi connectivity index (χ1) is 10.7. The molecule has 5 nitrogen and oxygen atoms in total. The highest BCUT2D eigenvalue weighted by atomic mass is 16.5. The lowest BCUT2D eigenvalue weighted by Gasteiger charge is -2.13. The van der Waals surface area contributed by atoms with E-state index in [2.05, 4.69) is 18.3 Å². The van der Waals surface area contributed by atoms with Crippen molar-refractivity contribution in [2.75, 3.05) is 13.7 Å². The second-order valence-electron chi connectivity index (χ2n) is 4.84. The van der Waals surface area contributed by atoms with Gasteiger partial charge in [-0.15, -0.1) is 0 Å². The number of nitriles is 1. The van der Waals surface area contributed by atoms with E-state index in [-0.39, 0.29) is 5.91 Å². The number of aromatic nitrogens is 1. The number of unbranched alkanes of at least 4 members (excludes halogenated alkanes) is 1. The van der Waals surface area contributed by atoms with Crippen molar-refractivity contribution in [1.29, 1.82) is 5.26 Å². The Morgan fingerprint density at radius 1 is 1.36 bits per heavy atom. The first-order valence-electron chi connectivity index (χ1n) is 7.26. The summed E-state index contributed by atoms with van der Waals surface area (Å²) in [5.74, 6) is 0.395. The minimum Gasteiger partial charge on any atom is -0.495 e. The summed E-state index contributed by atoms with van der Waals surface area (Å²) in [7, 11) is 1.58. The summed E-state index contributed by atoms with van der Waals surface area (Å²) < 4.78 is 7.03. The molecule has 5 heteroatoms. The molecule has 0 aliphatic heterocycles. The van der Waals surface area contributed by atoms with Crippen molar-refractivity contribution in [3.8, 4) is 17.5 Å². The highest BCUT2D eigenvalue weighted by molar-refractivity contribution is 5.96. The second-order valence-corrected chi connectivity index (χ2v) is 4.84. The molecule has 114 valence electrons. The number of carbonyl (C=O) groups is 1. The molecular formula is C17H19N3O2. The van der Waals surface area contributed by atoms with Crippen LogP contribution in [0.25, 0.3) is 5.69 Å². The fraction of sp³-hybridized carbons (Fsp3) is 0.294. The third-order valence-corrected chi connectivity index (χ3v) is 3.38. The van der Waals surface area contributed by atoms with Crippen LogP contribution in [0.4, 0.5) is 0 Å². The Hall–Kier alpha value is -2.74. The molecule has 0 unspecified atom stereocenters. The van der Waals surface area contributed by atoms with Crippen LogP contribution in [-0.2, 0) is 0 Å². The van der Waals surface area contributed by atoms with Gasteiger partial charge in [0.1, 0.15) is 17.5 Å². The lowest BCUT2D eigenvalue weighted by atomic mass is 10.2. The zero-order chi connectivity index (χ0) is 15.9. The predicted molar refractivity (Wildman–Crippen MR) is 84.3 cm³/mol. The summed E-state index contributed by atoms with van der Waals surface area (Å²) in [6.45, 7) is 2.65. The normalized spacial score (nSPS) is 10.0. The molecule has 0 atom stereocenters. The van der Waals surface area contributed by atoms with Crippen molar-refractivity contribution in [2.24, 2.45) is 0 Å². The maximum atomic E-state index is 12.4. The van der Waals surface area contributed by atoms with Gasteiger partial charge in [-0.05, 0) is 24.6 Å². The molecule has 0 saturated heterocycles. The summed E-state index contributed by atoms with van der Waals surface area (Å²) in [5, 5.41) is 12.1. The molecule has 0 aliphatic carbocycles. The Labute approximate surface area is 130 Å². The molecule has 0 spiro atoms. The lowest BCUT2D eigenvalue weighted by molar-refractivity contribution is 0.0946. The van der Waals surface area contributed by atoms with E-state index < -0.39 is 0 Å². The zero-order valence-corrected chi connectivity index (χ0v) is 12.8. The van der Waals surface area contributed by atoms with E-state index in [0.717, 1.165) is 18.5 Å². The van der Waals surface area contributed by atoms with Gasteiger partial charge in [-0.2, -0.15) is 5.26 Å². The van der Waals surface area contributed by atoms with Crippen LogP contribution in [0.3, 0.4) is 0 Å². The summed E-state index contributed by atoms with van der Waals surface area (Å²) in [5.41, 5.74) is 1.41. The minimum atomic E-state index is -0.249. The summed E-state index contributed by atoms with van der Waals surface area (Å²) in [4.78, 5) is 12.4. The van der Waals surface area contributed by atoms with E-state index in [9.17, 15) is 10.1 Å². The molecule has 1 N–H and O–H groups in total.